The highest BCUT2D eigenvalue weighted by molar-refractivity contribution is 8.00. The topological polar surface area (TPSA) is 88.5 Å². The number of imide groups is 1. The Labute approximate surface area is 258 Å². The van der Waals surface area contributed by atoms with Gasteiger partial charge in [-0.1, -0.05) is 77.7 Å². The predicted octanol–water partition coefficient (Wildman–Crippen LogP) is 6.38. The molecular formula is C30H19F6N3O4S2. The lowest BCUT2D eigenvalue weighted by atomic mass is 9.83. The van der Waals surface area contributed by atoms with Gasteiger partial charge < -0.3 is 5.32 Å². The second kappa shape index (κ2) is 11.2. The van der Waals surface area contributed by atoms with Gasteiger partial charge in [0.25, 0.3) is 0 Å². The van der Waals surface area contributed by atoms with E-state index in [1.807, 2.05) is 0 Å². The number of benzene rings is 3. The Morgan fingerprint density at radius 2 is 1.38 bits per heavy atom. The molecule has 2 aliphatic rings. The summed E-state index contributed by atoms with van der Waals surface area (Å²) in [5, 5.41) is 1.06. The lowest BCUT2D eigenvalue weighted by Gasteiger charge is -2.30. The molecule has 3 atom stereocenters. The highest BCUT2D eigenvalue weighted by Gasteiger charge is 2.57. The van der Waals surface area contributed by atoms with Gasteiger partial charge in [-0.3, -0.25) is 23.7 Å². The fourth-order valence-electron chi connectivity index (χ4n) is 5.59. The zero-order valence-electron chi connectivity index (χ0n) is 22.6. The summed E-state index contributed by atoms with van der Waals surface area (Å²) >= 11 is 1.47. The van der Waals surface area contributed by atoms with E-state index in [9.17, 15) is 45.5 Å². The molecule has 2 unspecified atom stereocenters. The summed E-state index contributed by atoms with van der Waals surface area (Å²) in [6.07, 6.45) is -9.63. The van der Waals surface area contributed by atoms with E-state index in [2.05, 4.69) is 5.32 Å². The largest absolute Gasteiger partial charge is 0.418 e. The van der Waals surface area contributed by atoms with Crippen LogP contribution in [0, 0.1) is 5.92 Å². The van der Waals surface area contributed by atoms with Gasteiger partial charge in [0.05, 0.1) is 33.4 Å². The number of carbonyl (C=O) groups excluding carboxylic acids is 3. The van der Waals surface area contributed by atoms with Crippen molar-refractivity contribution in [2.24, 2.45) is 5.92 Å². The molecule has 4 aromatic rings. The van der Waals surface area contributed by atoms with E-state index in [4.69, 9.17) is 0 Å². The normalized spacial score (nSPS) is 19.8. The number of thioether (sulfide) groups is 1. The summed E-state index contributed by atoms with van der Waals surface area (Å²) in [7, 11) is 0. The average molecular weight is 664 g/mol. The quantitative estimate of drug-likeness (QED) is 0.198. The van der Waals surface area contributed by atoms with Crippen molar-refractivity contribution in [1.82, 2.24) is 4.57 Å². The molecular weight excluding hydrogens is 644 g/mol. The van der Waals surface area contributed by atoms with Gasteiger partial charge in [-0.25, -0.2) is 4.90 Å². The Kier molecular flexibility index (Phi) is 7.64. The number of nitrogens with one attached hydrogen (secondary N) is 1. The van der Waals surface area contributed by atoms with E-state index < -0.39 is 81.1 Å². The molecule has 0 bridgehead atoms. The van der Waals surface area contributed by atoms with Crippen LogP contribution in [-0.2, 0) is 33.3 Å². The first-order valence-electron chi connectivity index (χ1n) is 13.2. The maximum absolute atomic E-state index is 13.9. The van der Waals surface area contributed by atoms with Crippen molar-refractivity contribution in [3.8, 4) is 0 Å². The van der Waals surface area contributed by atoms with Crippen LogP contribution in [0.25, 0.3) is 0 Å². The number of thiazole rings is 1. The average Bonchev–Trinajstić information content (AvgIpc) is 3.43. The third-order valence-electron chi connectivity index (χ3n) is 7.47. The van der Waals surface area contributed by atoms with Gasteiger partial charge in [-0.2, -0.15) is 26.3 Å². The van der Waals surface area contributed by atoms with Gasteiger partial charge >= 0.3 is 17.2 Å². The Balaban J connectivity index is 1.41. The molecule has 1 aromatic heterocycles. The van der Waals surface area contributed by atoms with E-state index in [-0.39, 0.29) is 5.03 Å². The highest BCUT2D eigenvalue weighted by Crippen LogP contribution is 2.54. The van der Waals surface area contributed by atoms with Crippen molar-refractivity contribution < 1.29 is 40.7 Å². The number of hydrogen-bond donors (Lipinski definition) is 1. The predicted molar refractivity (Wildman–Crippen MR) is 154 cm³/mol. The number of para-hydroxylation sites is 2. The van der Waals surface area contributed by atoms with E-state index in [1.165, 1.54) is 12.1 Å². The van der Waals surface area contributed by atoms with Crippen LogP contribution in [0.3, 0.4) is 0 Å². The first kappa shape index (κ1) is 30.6. The zero-order chi connectivity index (χ0) is 32.3. The summed E-state index contributed by atoms with van der Waals surface area (Å²) in [4.78, 5) is 54.1. The van der Waals surface area contributed by atoms with Gasteiger partial charge in [0.1, 0.15) is 11.8 Å². The van der Waals surface area contributed by atoms with Gasteiger partial charge in [-0.05, 0) is 29.8 Å². The van der Waals surface area contributed by atoms with Gasteiger partial charge in [-0.15, -0.1) is 0 Å². The highest BCUT2D eigenvalue weighted by atomic mass is 32.2. The maximum Gasteiger partial charge on any atom is 0.418 e. The van der Waals surface area contributed by atoms with E-state index in [1.54, 1.807) is 30.3 Å². The van der Waals surface area contributed by atoms with Crippen LogP contribution in [0.4, 0.5) is 37.7 Å². The number of rotatable bonds is 5. The molecule has 0 spiro atoms. The van der Waals surface area contributed by atoms with Crippen LogP contribution < -0.4 is 15.1 Å². The summed E-state index contributed by atoms with van der Waals surface area (Å²) in [5.41, 5.74) is -2.89. The number of nitrogens with zero attached hydrogens (tertiary/aromatic N) is 2. The summed E-state index contributed by atoms with van der Waals surface area (Å²) < 4.78 is 83.1. The number of aromatic nitrogens is 1. The molecule has 3 aromatic carbocycles. The SMILES string of the molecule is O=C(Cn1c2c(sc1=O)[C@H](c1ccccc1)C1C(=O)N(c3ccccc3C(F)(F)F)C(=O)C1S2)Nc1ccccc1C(F)(F)F. The van der Waals surface area contributed by atoms with Gasteiger partial charge in [0, 0.05) is 10.8 Å². The third kappa shape index (κ3) is 5.43. The monoisotopic (exact) mass is 663 g/mol. The summed E-state index contributed by atoms with van der Waals surface area (Å²) in [6.45, 7) is -0.717. The van der Waals surface area contributed by atoms with Crippen LogP contribution in [-0.4, -0.2) is 27.5 Å². The number of alkyl halides is 6. The lowest BCUT2D eigenvalue weighted by molar-refractivity contribution is -0.138. The number of amides is 3. The van der Waals surface area contributed by atoms with Crippen molar-refractivity contribution in [2.75, 3.05) is 10.2 Å². The Morgan fingerprint density at radius 3 is 2.04 bits per heavy atom. The van der Waals surface area contributed by atoms with Crippen molar-refractivity contribution in [2.45, 2.75) is 35.1 Å². The number of fused-ring (bicyclic) bond motifs is 2. The minimum absolute atomic E-state index is 0.131. The molecule has 2 aliphatic heterocycles. The fourth-order valence-corrected chi connectivity index (χ4v) is 8.37. The van der Waals surface area contributed by atoms with Crippen molar-refractivity contribution >= 4 is 52.2 Å². The Morgan fingerprint density at radius 1 is 0.778 bits per heavy atom. The maximum atomic E-state index is 13.9. The number of carbonyl (C=O) groups is 3. The van der Waals surface area contributed by atoms with Gasteiger partial charge in [0.15, 0.2) is 0 Å². The molecule has 3 amide bonds. The number of hydrogen-bond acceptors (Lipinski definition) is 6. The lowest BCUT2D eigenvalue weighted by Crippen LogP contribution is -2.33. The van der Waals surface area contributed by atoms with Crippen LogP contribution in [0.1, 0.15) is 27.5 Å². The minimum atomic E-state index is -4.87. The minimum Gasteiger partial charge on any atom is -0.324 e. The second-order valence-electron chi connectivity index (χ2n) is 10.2. The zero-order valence-corrected chi connectivity index (χ0v) is 24.2. The molecule has 232 valence electrons. The van der Waals surface area contributed by atoms with Crippen LogP contribution >= 0.6 is 23.1 Å². The molecule has 0 aliphatic carbocycles. The van der Waals surface area contributed by atoms with Crippen LogP contribution in [0.2, 0.25) is 0 Å². The van der Waals surface area contributed by atoms with Crippen molar-refractivity contribution in [1.29, 1.82) is 0 Å². The van der Waals surface area contributed by atoms with Crippen molar-refractivity contribution in [3.05, 3.63) is 110 Å². The van der Waals surface area contributed by atoms with E-state index in [0.717, 1.165) is 52.7 Å². The first-order valence-corrected chi connectivity index (χ1v) is 14.9. The Hall–Kier alpha value is -4.37. The number of anilines is 2. The molecule has 3 heterocycles. The fraction of sp³-hybridized carbons (Fsp3) is 0.200. The number of halogens is 6. The molecule has 1 fully saturated rings. The third-order valence-corrected chi connectivity index (χ3v) is 10.1. The van der Waals surface area contributed by atoms with Crippen LogP contribution in [0.15, 0.2) is 88.7 Å². The molecule has 7 nitrogen and oxygen atoms in total. The first-order chi connectivity index (χ1) is 21.3. The smallest absolute Gasteiger partial charge is 0.324 e. The Bertz CT molecular complexity index is 1890. The second-order valence-corrected chi connectivity index (χ2v) is 12.3. The molecule has 45 heavy (non-hydrogen) atoms. The van der Waals surface area contributed by atoms with E-state index in [0.29, 0.717) is 26.7 Å². The summed E-state index contributed by atoms with van der Waals surface area (Å²) in [5.74, 6) is -4.87. The molecule has 1 N–H and O–H groups in total. The molecule has 0 saturated carbocycles. The molecule has 6 rings (SSSR count). The van der Waals surface area contributed by atoms with Gasteiger partial charge in [0.2, 0.25) is 17.7 Å². The molecule has 15 heteroatoms. The van der Waals surface area contributed by atoms with E-state index >= 15 is 0 Å². The molecule has 0 radical (unpaired) electrons. The standard InChI is InChI=1S/C30H19F6N3O4S2/c31-29(32,33)16-10-4-6-12-18(16)37-20(40)14-38-27-24(45-28(38)43)21(15-8-2-1-3-9-15)22-23(44-27)26(42)39(25(22)41)19-13-7-5-11-17(19)30(34,35)36/h1-13,21-23H,14H2,(H,37,40)/t21-,22?,23?/m1/s1. The molecule has 1 saturated heterocycles. The van der Waals surface area contributed by atoms with Crippen LogP contribution in [0.5, 0.6) is 0 Å². The van der Waals surface area contributed by atoms with Crippen molar-refractivity contribution in [3.63, 3.8) is 0 Å². The summed E-state index contributed by atoms with van der Waals surface area (Å²) in [6, 6.07) is 16.9.